The molecule has 0 aliphatic heterocycles. The van der Waals surface area contributed by atoms with E-state index in [1.807, 2.05) is 0 Å². The van der Waals surface area contributed by atoms with E-state index in [-0.39, 0.29) is 11.9 Å². The van der Waals surface area contributed by atoms with E-state index in [0.717, 1.165) is 12.8 Å². The Bertz CT molecular complexity index is 467. The Morgan fingerprint density at radius 2 is 1.56 bits per heavy atom. The first kappa shape index (κ1) is 22.5. The van der Waals surface area contributed by atoms with Gasteiger partial charge in [-0.05, 0) is 46.7 Å². The summed E-state index contributed by atoms with van der Waals surface area (Å²) < 4.78 is 6.66. The van der Waals surface area contributed by atoms with E-state index in [1.165, 1.54) is 47.7 Å². The summed E-state index contributed by atoms with van der Waals surface area (Å²) >= 11 is 2.43. The molecule has 1 rings (SSSR count). The second kappa shape index (κ2) is 13.6. The van der Waals surface area contributed by atoms with Crippen molar-refractivity contribution in [3.05, 3.63) is 35.4 Å². The van der Waals surface area contributed by atoms with Crippen LogP contribution < -0.4 is 0 Å². The molecule has 0 heterocycles. The van der Waals surface area contributed by atoms with Gasteiger partial charge in [0.2, 0.25) is 0 Å². The molecule has 2 nitrogen and oxygen atoms in total. The van der Waals surface area contributed by atoms with Crippen LogP contribution in [0.4, 0.5) is 0 Å². The topological polar surface area (TPSA) is 26.3 Å². The molecule has 1 atom stereocenters. The van der Waals surface area contributed by atoms with Crippen LogP contribution in [0.3, 0.4) is 0 Å². The van der Waals surface area contributed by atoms with Gasteiger partial charge in [-0.3, -0.25) is 4.79 Å². The van der Waals surface area contributed by atoms with Crippen molar-refractivity contribution in [3.63, 3.8) is 0 Å². The first-order valence-electron chi connectivity index (χ1n) is 9.83. The van der Waals surface area contributed by atoms with E-state index in [9.17, 15) is 4.79 Å². The van der Waals surface area contributed by atoms with Gasteiger partial charge in [0, 0.05) is 0 Å². The molecule has 0 N–H and O–H groups in total. The summed E-state index contributed by atoms with van der Waals surface area (Å²) in [6.45, 7) is 7.14. The second-order valence-corrected chi connectivity index (χ2v) is 8.55. The van der Waals surface area contributed by atoms with Crippen LogP contribution in [0.2, 0.25) is 0 Å². The number of halogens is 1. The van der Waals surface area contributed by atoms with Crippen LogP contribution in [-0.2, 0) is 16.0 Å². The largest absolute Gasteiger partial charge is 0.466 e. The Hall–Kier alpha value is -0.580. The van der Waals surface area contributed by atoms with Crippen molar-refractivity contribution in [2.45, 2.75) is 78.1 Å². The molecule has 142 valence electrons. The molecule has 0 fully saturated rings. The number of benzene rings is 1. The van der Waals surface area contributed by atoms with Crippen LogP contribution in [0.1, 0.15) is 82.8 Å². The Morgan fingerprint density at radius 3 is 2.16 bits per heavy atom. The van der Waals surface area contributed by atoms with Gasteiger partial charge in [-0.25, -0.2) is 0 Å². The number of alkyl halides is 1. The van der Waals surface area contributed by atoms with Crippen molar-refractivity contribution in [1.82, 2.24) is 0 Å². The van der Waals surface area contributed by atoms with Crippen LogP contribution in [0, 0.1) is 5.92 Å². The number of unbranched alkanes of at least 4 members (excludes halogenated alkanes) is 5. The number of carbonyl (C=O) groups excluding carboxylic acids is 1. The Kier molecular flexibility index (Phi) is 12.2. The van der Waals surface area contributed by atoms with Crippen LogP contribution in [-0.4, -0.2) is 17.0 Å². The van der Waals surface area contributed by atoms with Gasteiger partial charge in [0.25, 0.3) is 0 Å². The lowest BCUT2D eigenvalue weighted by molar-refractivity contribution is -0.144. The maximum atomic E-state index is 12.0. The van der Waals surface area contributed by atoms with Gasteiger partial charge in [0.1, 0.15) is 0 Å². The monoisotopic (exact) mass is 458 g/mol. The van der Waals surface area contributed by atoms with E-state index in [4.69, 9.17) is 4.74 Å². The van der Waals surface area contributed by atoms with Crippen molar-refractivity contribution in [3.8, 4) is 0 Å². The first-order chi connectivity index (χ1) is 12.0. The lowest BCUT2D eigenvalue weighted by atomic mass is 9.95. The molecule has 1 aromatic carbocycles. The predicted octanol–water partition coefficient (Wildman–Crippen LogP) is 6.70. The molecule has 0 saturated heterocycles. The van der Waals surface area contributed by atoms with Gasteiger partial charge in [0.15, 0.2) is 0 Å². The molecule has 0 aliphatic carbocycles. The molecule has 25 heavy (non-hydrogen) atoms. The fourth-order valence-corrected chi connectivity index (χ4v) is 3.51. The molecule has 3 heteroatoms. The number of rotatable bonds is 13. The molecular formula is C22H35IO2. The van der Waals surface area contributed by atoms with E-state index >= 15 is 0 Å². The van der Waals surface area contributed by atoms with Crippen molar-refractivity contribution in [2.75, 3.05) is 11.0 Å². The van der Waals surface area contributed by atoms with E-state index in [2.05, 4.69) is 67.6 Å². The van der Waals surface area contributed by atoms with Gasteiger partial charge in [-0.15, -0.1) is 0 Å². The highest BCUT2D eigenvalue weighted by Crippen LogP contribution is 2.21. The van der Waals surface area contributed by atoms with Crippen molar-refractivity contribution in [2.24, 2.45) is 5.92 Å². The van der Waals surface area contributed by atoms with Crippen molar-refractivity contribution >= 4 is 28.6 Å². The molecule has 1 aromatic rings. The van der Waals surface area contributed by atoms with E-state index in [1.54, 1.807) is 0 Å². The summed E-state index contributed by atoms with van der Waals surface area (Å²) in [6.07, 6.45) is 8.96. The predicted molar refractivity (Wildman–Crippen MR) is 116 cm³/mol. The summed E-state index contributed by atoms with van der Waals surface area (Å²) in [5.41, 5.74) is 2.59. The van der Waals surface area contributed by atoms with Crippen molar-refractivity contribution in [1.29, 1.82) is 0 Å². The first-order valence-corrected chi connectivity index (χ1v) is 11.4. The SMILES string of the molecule is CC(C)Cc1ccc([C@H](C)CC(=O)OCCCCCCCCI)cc1. The highest BCUT2D eigenvalue weighted by molar-refractivity contribution is 14.1. The molecular weight excluding hydrogens is 423 g/mol. The lowest BCUT2D eigenvalue weighted by Gasteiger charge is -2.13. The Morgan fingerprint density at radius 1 is 0.960 bits per heavy atom. The van der Waals surface area contributed by atoms with Crippen molar-refractivity contribution < 1.29 is 9.53 Å². The minimum atomic E-state index is -0.0660. The standard InChI is InChI=1S/C22H35IO2/c1-18(2)16-20-10-12-21(13-11-20)19(3)17-22(24)25-15-9-7-5-4-6-8-14-23/h10-13,18-19H,4-9,14-17H2,1-3H3/t19-/m1/s1. The third-order valence-corrected chi connectivity index (χ3v) is 5.22. The van der Waals surface area contributed by atoms with Crippen LogP contribution in [0.5, 0.6) is 0 Å². The Labute approximate surface area is 168 Å². The summed E-state index contributed by atoms with van der Waals surface area (Å²) in [5.74, 6) is 0.821. The fourth-order valence-electron chi connectivity index (χ4n) is 2.97. The maximum absolute atomic E-state index is 12.0. The highest BCUT2D eigenvalue weighted by atomic mass is 127. The number of esters is 1. The zero-order valence-corrected chi connectivity index (χ0v) is 18.4. The number of hydrogen-bond acceptors (Lipinski definition) is 2. The van der Waals surface area contributed by atoms with Gasteiger partial charge < -0.3 is 4.74 Å². The summed E-state index contributed by atoms with van der Waals surface area (Å²) in [5, 5.41) is 0. The van der Waals surface area contributed by atoms with Crippen LogP contribution in [0.25, 0.3) is 0 Å². The van der Waals surface area contributed by atoms with Gasteiger partial charge >= 0.3 is 5.97 Å². The molecule has 0 unspecified atom stereocenters. The zero-order chi connectivity index (χ0) is 18.5. The number of carbonyl (C=O) groups is 1. The number of ether oxygens (including phenoxy) is 1. The lowest BCUT2D eigenvalue weighted by Crippen LogP contribution is -2.09. The molecule has 0 aliphatic rings. The van der Waals surface area contributed by atoms with E-state index in [0.29, 0.717) is 18.9 Å². The van der Waals surface area contributed by atoms with Gasteiger partial charge in [0.05, 0.1) is 13.0 Å². The third-order valence-electron chi connectivity index (χ3n) is 4.46. The van der Waals surface area contributed by atoms with Crippen LogP contribution in [0.15, 0.2) is 24.3 Å². The van der Waals surface area contributed by atoms with E-state index < -0.39 is 0 Å². The Balaban J connectivity index is 2.18. The maximum Gasteiger partial charge on any atom is 0.306 e. The zero-order valence-electron chi connectivity index (χ0n) is 16.2. The molecule has 0 radical (unpaired) electrons. The average molecular weight is 458 g/mol. The normalized spacial score (nSPS) is 12.4. The molecule has 0 saturated carbocycles. The third kappa shape index (κ3) is 10.9. The second-order valence-electron chi connectivity index (χ2n) is 7.48. The highest BCUT2D eigenvalue weighted by Gasteiger charge is 2.12. The molecule has 0 amide bonds. The van der Waals surface area contributed by atoms with Gasteiger partial charge in [-0.1, -0.05) is 93.3 Å². The van der Waals surface area contributed by atoms with Crippen LogP contribution >= 0.6 is 22.6 Å². The molecule has 0 spiro atoms. The quantitative estimate of drug-likeness (QED) is 0.142. The summed E-state index contributed by atoms with van der Waals surface area (Å²) in [7, 11) is 0. The molecule has 0 aromatic heterocycles. The summed E-state index contributed by atoms with van der Waals surface area (Å²) in [6, 6.07) is 8.70. The number of hydrogen-bond donors (Lipinski definition) is 0. The molecule has 0 bridgehead atoms. The summed E-state index contributed by atoms with van der Waals surface area (Å²) in [4.78, 5) is 12.0. The van der Waals surface area contributed by atoms with Gasteiger partial charge in [-0.2, -0.15) is 0 Å². The minimum Gasteiger partial charge on any atom is -0.466 e. The smallest absolute Gasteiger partial charge is 0.306 e. The minimum absolute atomic E-state index is 0.0660. The fraction of sp³-hybridized carbons (Fsp3) is 0.682. The average Bonchev–Trinajstić information content (AvgIpc) is 2.57.